The van der Waals surface area contributed by atoms with Crippen molar-refractivity contribution in [2.24, 2.45) is 0 Å². The van der Waals surface area contributed by atoms with Crippen LogP contribution in [0.1, 0.15) is 50.9 Å². The molecule has 0 saturated heterocycles. The van der Waals surface area contributed by atoms with Crippen LogP contribution in [0.15, 0.2) is 57.9 Å². The number of rotatable bonds is 6. The van der Waals surface area contributed by atoms with Gasteiger partial charge in [0, 0.05) is 17.2 Å². The summed E-state index contributed by atoms with van der Waals surface area (Å²) in [7, 11) is -3.64. The second-order valence-electron chi connectivity index (χ2n) is 7.02. The van der Waals surface area contributed by atoms with Crippen molar-refractivity contribution in [2.75, 3.05) is 4.72 Å². The van der Waals surface area contributed by atoms with E-state index in [0.717, 1.165) is 11.1 Å². The third kappa shape index (κ3) is 4.36. The summed E-state index contributed by atoms with van der Waals surface area (Å²) in [5, 5.41) is 3.94. The predicted molar refractivity (Wildman–Crippen MR) is 105 cm³/mol. The van der Waals surface area contributed by atoms with E-state index < -0.39 is 10.0 Å². The first-order valence-electron chi connectivity index (χ1n) is 8.83. The molecule has 0 radical (unpaired) electrons. The van der Waals surface area contributed by atoms with Gasteiger partial charge in [-0.2, -0.15) is 4.98 Å². The average Bonchev–Trinajstić information content (AvgIpc) is 3.12. The monoisotopic (exact) mass is 385 g/mol. The highest BCUT2D eigenvalue weighted by Crippen LogP contribution is 2.24. The molecule has 3 rings (SSSR count). The Balaban J connectivity index is 1.76. The van der Waals surface area contributed by atoms with E-state index in [9.17, 15) is 8.42 Å². The molecule has 2 aromatic carbocycles. The molecule has 0 amide bonds. The average molecular weight is 385 g/mol. The summed E-state index contributed by atoms with van der Waals surface area (Å²) in [4.78, 5) is 4.57. The summed E-state index contributed by atoms with van der Waals surface area (Å²) >= 11 is 0. The summed E-state index contributed by atoms with van der Waals surface area (Å²) in [6.07, 6.45) is 0. The molecule has 0 aliphatic heterocycles. The molecule has 6 nitrogen and oxygen atoms in total. The Labute approximate surface area is 159 Å². The fourth-order valence-corrected chi connectivity index (χ4v) is 3.57. The van der Waals surface area contributed by atoms with Gasteiger partial charge in [-0.3, -0.25) is 4.72 Å². The van der Waals surface area contributed by atoms with E-state index in [-0.39, 0.29) is 10.8 Å². The van der Waals surface area contributed by atoms with E-state index in [1.165, 1.54) is 0 Å². The second kappa shape index (κ2) is 7.52. The summed E-state index contributed by atoms with van der Waals surface area (Å²) in [6, 6.07) is 13.8. The summed E-state index contributed by atoms with van der Waals surface area (Å²) in [5.41, 5.74) is 2.30. The number of hydrogen-bond donors (Lipinski definition) is 1. The molecule has 0 saturated carbocycles. The van der Waals surface area contributed by atoms with Gasteiger partial charge in [-0.15, -0.1) is 0 Å². The van der Waals surface area contributed by atoms with Crippen molar-refractivity contribution in [3.05, 3.63) is 59.9 Å². The largest absolute Gasteiger partial charge is 0.334 e. The molecule has 0 aliphatic rings. The minimum Gasteiger partial charge on any atom is -0.334 e. The van der Waals surface area contributed by atoms with Gasteiger partial charge in [0.2, 0.25) is 0 Å². The Morgan fingerprint density at radius 3 is 2.04 bits per heavy atom. The van der Waals surface area contributed by atoms with Crippen LogP contribution >= 0.6 is 0 Å². The van der Waals surface area contributed by atoms with Gasteiger partial charge in [0.25, 0.3) is 15.9 Å². The molecule has 0 unspecified atom stereocenters. The van der Waals surface area contributed by atoms with Crippen LogP contribution in [0.25, 0.3) is 11.5 Å². The van der Waals surface area contributed by atoms with Crippen molar-refractivity contribution in [3.8, 4) is 11.5 Å². The quantitative estimate of drug-likeness (QED) is 0.660. The first kappa shape index (κ1) is 19.1. The topological polar surface area (TPSA) is 85.1 Å². The molecule has 3 aromatic rings. The van der Waals surface area contributed by atoms with Gasteiger partial charge in [-0.05, 0) is 47.9 Å². The van der Waals surface area contributed by atoms with Crippen molar-refractivity contribution < 1.29 is 12.9 Å². The number of nitrogens with one attached hydrogen (secondary N) is 1. The Kier molecular flexibility index (Phi) is 5.32. The van der Waals surface area contributed by atoms with Crippen LogP contribution in [0.2, 0.25) is 0 Å². The lowest BCUT2D eigenvalue weighted by Gasteiger charge is -2.10. The molecular formula is C20H23N3O3S. The van der Waals surface area contributed by atoms with Crippen LogP contribution in [-0.4, -0.2) is 18.6 Å². The van der Waals surface area contributed by atoms with Crippen LogP contribution in [0.4, 0.5) is 5.69 Å². The predicted octanol–water partition coefficient (Wildman–Crippen LogP) is 4.78. The van der Waals surface area contributed by atoms with E-state index >= 15 is 0 Å². The number of hydrogen-bond acceptors (Lipinski definition) is 5. The zero-order chi connectivity index (χ0) is 19.6. The Hall–Kier alpha value is -2.67. The second-order valence-corrected chi connectivity index (χ2v) is 8.70. The fraction of sp³-hybridized carbons (Fsp3) is 0.300. The van der Waals surface area contributed by atoms with E-state index in [4.69, 9.17) is 4.52 Å². The lowest BCUT2D eigenvalue weighted by molar-refractivity contribution is 0.419. The number of anilines is 1. The molecule has 142 valence electrons. The highest BCUT2D eigenvalue weighted by Gasteiger charge is 2.15. The smallest absolute Gasteiger partial charge is 0.261 e. The molecule has 1 heterocycles. The van der Waals surface area contributed by atoms with Gasteiger partial charge in [-0.1, -0.05) is 45.0 Å². The SMILES string of the molecule is CC(C)c1ccc(S(=O)(=O)Nc2ccc(-c3nc(C(C)C)no3)cc2)cc1. The molecule has 1 aromatic heterocycles. The summed E-state index contributed by atoms with van der Waals surface area (Å²) < 4.78 is 33.0. The van der Waals surface area contributed by atoms with E-state index in [1.54, 1.807) is 36.4 Å². The molecule has 0 bridgehead atoms. The van der Waals surface area contributed by atoms with Gasteiger partial charge in [0.05, 0.1) is 4.90 Å². The highest BCUT2D eigenvalue weighted by molar-refractivity contribution is 7.92. The van der Waals surface area contributed by atoms with Crippen molar-refractivity contribution in [3.63, 3.8) is 0 Å². The molecule has 27 heavy (non-hydrogen) atoms. The lowest BCUT2D eigenvalue weighted by atomic mass is 10.0. The van der Waals surface area contributed by atoms with Crippen LogP contribution in [0.5, 0.6) is 0 Å². The highest BCUT2D eigenvalue weighted by atomic mass is 32.2. The Morgan fingerprint density at radius 1 is 0.889 bits per heavy atom. The minimum absolute atomic E-state index is 0.177. The summed E-state index contributed by atoms with van der Waals surface area (Å²) in [5.74, 6) is 1.58. The van der Waals surface area contributed by atoms with Crippen molar-refractivity contribution in [2.45, 2.75) is 44.4 Å². The molecule has 0 atom stereocenters. The van der Waals surface area contributed by atoms with Crippen molar-refractivity contribution in [1.29, 1.82) is 0 Å². The van der Waals surface area contributed by atoms with Gasteiger partial charge < -0.3 is 4.52 Å². The minimum atomic E-state index is -3.64. The lowest BCUT2D eigenvalue weighted by Crippen LogP contribution is -2.12. The number of aromatic nitrogens is 2. The Bertz CT molecular complexity index is 1010. The van der Waals surface area contributed by atoms with Crippen LogP contribution in [0.3, 0.4) is 0 Å². The molecule has 0 spiro atoms. The third-order valence-electron chi connectivity index (χ3n) is 4.20. The van der Waals surface area contributed by atoms with Gasteiger partial charge in [-0.25, -0.2) is 8.42 Å². The van der Waals surface area contributed by atoms with Crippen LogP contribution in [-0.2, 0) is 10.0 Å². The van der Waals surface area contributed by atoms with Gasteiger partial charge in [0.15, 0.2) is 5.82 Å². The molecule has 0 aliphatic carbocycles. The maximum absolute atomic E-state index is 12.6. The zero-order valence-corrected chi connectivity index (χ0v) is 16.6. The number of sulfonamides is 1. The van der Waals surface area contributed by atoms with Crippen molar-refractivity contribution >= 4 is 15.7 Å². The van der Waals surface area contributed by atoms with E-state index in [1.807, 2.05) is 26.0 Å². The zero-order valence-electron chi connectivity index (χ0n) is 15.8. The number of benzene rings is 2. The molecule has 0 fully saturated rings. The third-order valence-corrected chi connectivity index (χ3v) is 5.60. The van der Waals surface area contributed by atoms with E-state index in [0.29, 0.717) is 23.3 Å². The Morgan fingerprint density at radius 2 is 1.52 bits per heavy atom. The molecular weight excluding hydrogens is 362 g/mol. The maximum Gasteiger partial charge on any atom is 0.261 e. The van der Waals surface area contributed by atoms with Gasteiger partial charge in [0.1, 0.15) is 0 Å². The van der Waals surface area contributed by atoms with Gasteiger partial charge >= 0.3 is 0 Å². The van der Waals surface area contributed by atoms with Crippen LogP contribution < -0.4 is 4.72 Å². The first-order chi connectivity index (χ1) is 12.8. The number of nitrogens with zero attached hydrogens (tertiary/aromatic N) is 2. The van der Waals surface area contributed by atoms with Crippen LogP contribution in [0, 0.1) is 0 Å². The standard InChI is InChI=1S/C20H23N3O3S/c1-13(2)15-7-11-18(12-8-15)27(24,25)23-17-9-5-16(6-10-17)20-21-19(14(3)4)22-26-20/h5-14,23H,1-4H3. The van der Waals surface area contributed by atoms with E-state index in [2.05, 4.69) is 28.7 Å². The maximum atomic E-state index is 12.6. The molecule has 7 heteroatoms. The van der Waals surface area contributed by atoms with Crippen molar-refractivity contribution in [1.82, 2.24) is 10.1 Å². The molecule has 1 N–H and O–H groups in total. The summed E-state index contributed by atoms with van der Waals surface area (Å²) in [6.45, 7) is 8.11. The first-order valence-corrected chi connectivity index (χ1v) is 10.3. The normalized spacial score (nSPS) is 11.9. The fourth-order valence-electron chi connectivity index (χ4n) is 2.51.